The fourth-order valence-corrected chi connectivity index (χ4v) is 3.12. The van der Waals surface area contributed by atoms with Crippen molar-refractivity contribution in [3.05, 3.63) is 65.7 Å². The molecule has 1 atom stereocenters. The predicted molar refractivity (Wildman–Crippen MR) is 99.7 cm³/mol. The lowest BCUT2D eigenvalue weighted by atomic mass is 10.1. The summed E-state index contributed by atoms with van der Waals surface area (Å²) < 4.78 is 0. The summed E-state index contributed by atoms with van der Waals surface area (Å²) >= 11 is 0. The molecule has 1 aliphatic heterocycles. The van der Waals surface area contributed by atoms with Gasteiger partial charge in [-0.15, -0.1) is 0 Å². The number of aliphatic hydroxyl groups is 1. The number of hydrogen-bond acceptors (Lipinski definition) is 3. The van der Waals surface area contributed by atoms with E-state index in [2.05, 4.69) is 27.7 Å². The third-order valence-electron chi connectivity index (χ3n) is 4.55. The van der Waals surface area contributed by atoms with E-state index in [9.17, 15) is 4.79 Å². The molecule has 25 heavy (non-hydrogen) atoms. The van der Waals surface area contributed by atoms with E-state index in [-0.39, 0.29) is 18.7 Å². The molecule has 1 unspecified atom stereocenters. The van der Waals surface area contributed by atoms with E-state index in [0.29, 0.717) is 6.54 Å². The highest BCUT2D eigenvalue weighted by Crippen LogP contribution is 2.19. The lowest BCUT2D eigenvalue weighted by Gasteiger charge is -2.19. The van der Waals surface area contributed by atoms with Gasteiger partial charge in [0.15, 0.2) is 0 Å². The second-order valence-corrected chi connectivity index (χ2v) is 6.39. The Kier molecular flexibility index (Phi) is 5.90. The molecular formula is C20H25N3O2. The Bertz CT molecular complexity index is 673. The Morgan fingerprint density at radius 3 is 2.52 bits per heavy atom. The van der Waals surface area contributed by atoms with Crippen LogP contribution in [0, 0.1) is 0 Å². The molecule has 1 heterocycles. The second-order valence-electron chi connectivity index (χ2n) is 6.39. The standard InChI is InChI=1S/C20H25N3O2/c24-15-17-8-6-16(7-9-17)10-12-21-20(25)22-18-11-13-23(14-18)19-4-2-1-3-5-19/h1-9,18,24H,10-15H2,(H2,21,22,25). The lowest BCUT2D eigenvalue weighted by molar-refractivity contribution is 0.238. The minimum atomic E-state index is -0.105. The molecule has 0 aromatic heterocycles. The third-order valence-corrected chi connectivity index (χ3v) is 4.55. The van der Waals surface area contributed by atoms with Gasteiger partial charge in [0.2, 0.25) is 0 Å². The summed E-state index contributed by atoms with van der Waals surface area (Å²) in [5.41, 5.74) is 3.26. The van der Waals surface area contributed by atoms with Crippen LogP contribution in [0.5, 0.6) is 0 Å². The van der Waals surface area contributed by atoms with E-state index in [4.69, 9.17) is 5.11 Å². The van der Waals surface area contributed by atoms with Gasteiger partial charge in [0.05, 0.1) is 6.61 Å². The zero-order valence-corrected chi connectivity index (χ0v) is 14.3. The quantitative estimate of drug-likeness (QED) is 0.757. The predicted octanol–water partition coefficient (Wildman–Crippen LogP) is 2.30. The monoisotopic (exact) mass is 339 g/mol. The lowest BCUT2D eigenvalue weighted by Crippen LogP contribution is -2.43. The van der Waals surface area contributed by atoms with Crippen LogP contribution >= 0.6 is 0 Å². The Morgan fingerprint density at radius 1 is 1.08 bits per heavy atom. The molecule has 2 aromatic carbocycles. The van der Waals surface area contributed by atoms with E-state index in [0.717, 1.165) is 37.1 Å². The number of nitrogens with one attached hydrogen (secondary N) is 2. The van der Waals surface area contributed by atoms with Crippen LogP contribution < -0.4 is 15.5 Å². The van der Waals surface area contributed by atoms with Crippen molar-refractivity contribution in [2.45, 2.75) is 25.5 Å². The molecule has 0 bridgehead atoms. The zero-order chi connectivity index (χ0) is 17.5. The van der Waals surface area contributed by atoms with Crippen molar-refractivity contribution in [2.75, 3.05) is 24.5 Å². The number of anilines is 1. The fraction of sp³-hybridized carbons (Fsp3) is 0.350. The number of benzene rings is 2. The topological polar surface area (TPSA) is 64.6 Å². The molecule has 3 N–H and O–H groups in total. The second kappa shape index (κ2) is 8.53. The molecule has 3 rings (SSSR count). The summed E-state index contributed by atoms with van der Waals surface area (Å²) in [6.07, 6.45) is 1.74. The first-order valence-corrected chi connectivity index (χ1v) is 8.77. The van der Waals surface area contributed by atoms with Crippen molar-refractivity contribution in [1.29, 1.82) is 0 Å². The van der Waals surface area contributed by atoms with Crippen molar-refractivity contribution in [3.63, 3.8) is 0 Å². The fourth-order valence-electron chi connectivity index (χ4n) is 3.12. The van der Waals surface area contributed by atoms with Crippen molar-refractivity contribution >= 4 is 11.7 Å². The number of para-hydroxylation sites is 1. The SMILES string of the molecule is O=C(NCCc1ccc(CO)cc1)NC1CCN(c2ccccc2)C1. The van der Waals surface area contributed by atoms with Crippen LogP contribution in [0.1, 0.15) is 17.5 Å². The van der Waals surface area contributed by atoms with Gasteiger partial charge in [-0.1, -0.05) is 42.5 Å². The Morgan fingerprint density at radius 2 is 1.80 bits per heavy atom. The number of nitrogens with zero attached hydrogens (tertiary/aromatic N) is 1. The van der Waals surface area contributed by atoms with Gasteiger partial charge in [0.1, 0.15) is 0 Å². The zero-order valence-electron chi connectivity index (χ0n) is 14.3. The number of rotatable bonds is 6. The molecule has 2 amide bonds. The number of amides is 2. The first kappa shape index (κ1) is 17.3. The van der Waals surface area contributed by atoms with Crippen LogP contribution in [0.4, 0.5) is 10.5 Å². The Balaban J connectivity index is 1.38. The van der Waals surface area contributed by atoms with Gasteiger partial charge in [-0.2, -0.15) is 0 Å². The van der Waals surface area contributed by atoms with Crippen molar-refractivity contribution in [3.8, 4) is 0 Å². The van der Waals surface area contributed by atoms with Crippen LogP contribution in [-0.4, -0.2) is 36.8 Å². The average molecular weight is 339 g/mol. The summed E-state index contributed by atoms with van der Waals surface area (Å²) in [4.78, 5) is 14.4. The largest absolute Gasteiger partial charge is 0.392 e. The van der Waals surface area contributed by atoms with Gasteiger partial charge >= 0.3 is 6.03 Å². The maximum absolute atomic E-state index is 12.1. The van der Waals surface area contributed by atoms with E-state index >= 15 is 0 Å². The number of carbonyl (C=O) groups is 1. The average Bonchev–Trinajstić information content (AvgIpc) is 3.11. The Hall–Kier alpha value is -2.53. The van der Waals surface area contributed by atoms with E-state index in [1.807, 2.05) is 42.5 Å². The first-order chi connectivity index (χ1) is 12.2. The van der Waals surface area contributed by atoms with Crippen molar-refractivity contribution in [1.82, 2.24) is 10.6 Å². The molecule has 2 aromatic rings. The van der Waals surface area contributed by atoms with E-state index in [1.54, 1.807) is 0 Å². The Labute approximate surface area is 148 Å². The van der Waals surface area contributed by atoms with E-state index in [1.165, 1.54) is 5.69 Å². The number of carbonyl (C=O) groups excluding carboxylic acids is 1. The summed E-state index contributed by atoms with van der Waals surface area (Å²) in [6.45, 7) is 2.47. The summed E-state index contributed by atoms with van der Waals surface area (Å²) in [5, 5.41) is 15.0. The normalized spacial score (nSPS) is 16.7. The molecule has 1 aliphatic rings. The van der Waals surface area contributed by atoms with Crippen molar-refractivity contribution < 1.29 is 9.90 Å². The molecule has 132 valence electrons. The number of hydrogen-bond donors (Lipinski definition) is 3. The molecule has 0 aliphatic carbocycles. The van der Waals surface area contributed by atoms with Crippen LogP contribution in [0.3, 0.4) is 0 Å². The van der Waals surface area contributed by atoms with Gasteiger partial charge in [-0.05, 0) is 36.1 Å². The van der Waals surface area contributed by atoms with Crippen LogP contribution in [0.2, 0.25) is 0 Å². The molecule has 1 fully saturated rings. The van der Waals surface area contributed by atoms with Gasteiger partial charge in [0, 0.05) is 31.4 Å². The van der Waals surface area contributed by atoms with Gasteiger partial charge in [-0.25, -0.2) is 4.79 Å². The molecule has 0 saturated carbocycles. The molecular weight excluding hydrogens is 314 g/mol. The maximum atomic E-state index is 12.1. The molecule has 1 saturated heterocycles. The number of urea groups is 1. The molecule has 5 heteroatoms. The van der Waals surface area contributed by atoms with Crippen LogP contribution in [0.15, 0.2) is 54.6 Å². The van der Waals surface area contributed by atoms with Gasteiger partial charge < -0.3 is 20.6 Å². The third kappa shape index (κ3) is 4.97. The summed E-state index contributed by atoms with van der Waals surface area (Å²) in [6, 6.07) is 18.2. The maximum Gasteiger partial charge on any atom is 0.315 e. The molecule has 0 spiro atoms. The number of aliphatic hydroxyl groups excluding tert-OH is 1. The first-order valence-electron chi connectivity index (χ1n) is 8.77. The summed E-state index contributed by atoms with van der Waals surface area (Å²) in [7, 11) is 0. The summed E-state index contributed by atoms with van der Waals surface area (Å²) in [5.74, 6) is 0. The van der Waals surface area contributed by atoms with Crippen molar-refractivity contribution in [2.24, 2.45) is 0 Å². The smallest absolute Gasteiger partial charge is 0.315 e. The molecule has 5 nitrogen and oxygen atoms in total. The van der Waals surface area contributed by atoms with Gasteiger partial charge in [0.25, 0.3) is 0 Å². The van der Waals surface area contributed by atoms with Gasteiger partial charge in [-0.3, -0.25) is 0 Å². The van der Waals surface area contributed by atoms with Crippen LogP contribution in [-0.2, 0) is 13.0 Å². The van der Waals surface area contributed by atoms with E-state index < -0.39 is 0 Å². The minimum absolute atomic E-state index is 0.0579. The molecule has 0 radical (unpaired) electrons. The highest BCUT2D eigenvalue weighted by molar-refractivity contribution is 5.74. The van der Waals surface area contributed by atoms with Crippen LogP contribution in [0.25, 0.3) is 0 Å². The highest BCUT2D eigenvalue weighted by atomic mass is 16.3. The minimum Gasteiger partial charge on any atom is -0.392 e. The highest BCUT2D eigenvalue weighted by Gasteiger charge is 2.23.